The molecular formula is C15H29NO2. The van der Waals surface area contributed by atoms with Crippen molar-refractivity contribution in [1.29, 1.82) is 0 Å². The first-order chi connectivity index (χ1) is 8.60. The van der Waals surface area contributed by atoms with E-state index in [1.165, 1.54) is 12.8 Å². The normalized spacial score (nSPS) is 38.5. The highest BCUT2D eigenvalue weighted by molar-refractivity contribution is 4.85. The number of likely N-dealkylation sites (tertiary alicyclic amines) is 1. The fourth-order valence-corrected chi connectivity index (χ4v) is 3.57. The second-order valence-electron chi connectivity index (χ2n) is 6.55. The van der Waals surface area contributed by atoms with Crippen LogP contribution in [-0.4, -0.2) is 49.0 Å². The highest BCUT2D eigenvalue weighted by Crippen LogP contribution is 2.34. The van der Waals surface area contributed by atoms with Gasteiger partial charge in [0.15, 0.2) is 0 Å². The van der Waals surface area contributed by atoms with Crippen LogP contribution in [0.15, 0.2) is 0 Å². The molecule has 1 heterocycles. The van der Waals surface area contributed by atoms with Crippen LogP contribution in [0.5, 0.6) is 0 Å². The van der Waals surface area contributed by atoms with Gasteiger partial charge in [0, 0.05) is 26.7 Å². The summed E-state index contributed by atoms with van der Waals surface area (Å²) in [6, 6.07) is 0. The van der Waals surface area contributed by atoms with Crippen molar-refractivity contribution in [2.45, 2.75) is 51.7 Å². The minimum absolute atomic E-state index is 0.0819. The van der Waals surface area contributed by atoms with Gasteiger partial charge >= 0.3 is 0 Å². The first-order valence-electron chi connectivity index (χ1n) is 7.53. The molecule has 1 saturated heterocycles. The first kappa shape index (κ1) is 14.3. The predicted molar refractivity (Wildman–Crippen MR) is 73.5 cm³/mol. The predicted octanol–water partition coefficient (Wildman–Crippen LogP) is 2.14. The number of nitrogens with zero attached hydrogens (tertiary/aromatic N) is 1. The van der Waals surface area contributed by atoms with Crippen LogP contribution >= 0.6 is 0 Å². The van der Waals surface area contributed by atoms with Crippen molar-refractivity contribution in [3.8, 4) is 0 Å². The van der Waals surface area contributed by atoms with Gasteiger partial charge in [-0.2, -0.15) is 0 Å². The van der Waals surface area contributed by atoms with E-state index in [-0.39, 0.29) is 6.10 Å². The molecule has 3 nitrogen and oxygen atoms in total. The number of hydrogen-bond donors (Lipinski definition) is 1. The minimum atomic E-state index is -0.0819. The maximum atomic E-state index is 10.2. The number of aliphatic hydroxyl groups is 1. The maximum absolute atomic E-state index is 10.2. The Morgan fingerprint density at radius 2 is 2.06 bits per heavy atom. The van der Waals surface area contributed by atoms with Gasteiger partial charge in [0.1, 0.15) is 0 Å². The largest absolute Gasteiger partial charge is 0.393 e. The Hall–Kier alpha value is -0.120. The molecule has 4 atom stereocenters. The third-order valence-electron chi connectivity index (χ3n) is 4.98. The molecule has 0 aromatic heterocycles. The second-order valence-corrected chi connectivity index (χ2v) is 6.55. The van der Waals surface area contributed by atoms with Crippen molar-refractivity contribution in [2.24, 2.45) is 17.8 Å². The van der Waals surface area contributed by atoms with Crippen molar-refractivity contribution < 1.29 is 9.84 Å². The lowest BCUT2D eigenvalue weighted by Crippen LogP contribution is -2.39. The van der Waals surface area contributed by atoms with E-state index >= 15 is 0 Å². The van der Waals surface area contributed by atoms with Gasteiger partial charge in [-0.1, -0.05) is 13.8 Å². The van der Waals surface area contributed by atoms with E-state index < -0.39 is 0 Å². The summed E-state index contributed by atoms with van der Waals surface area (Å²) in [5.41, 5.74) is 0. The maximum Gasteiger partial charge on any atom is 0.0710 e. The summed E-state index contributed by atoms with van der Waals surface area (Å²) in [5.74, 6) is 2.03. The first-order valence-corrected chi connectivity index (χ1v) is 7.53. The van der Waals surface area contributed by atoms with E-state index in [1.807, 2.05) is 0 Å². The summed E-state index contributed by atoms with van der Waals surface area (Å²) in [6.07, 6.45) is 4.87. The number of hydrogen-bond acceptors (Lipinski definition) is 3. The monoisotopic (exact) mass is 255 g/mol. The molecule has 3 heteroatoms. The Morgan fingerprint density at radius 3 is 2.67 bits per heavy atom. The molecule has 0 bridgehead atoms. The van der Waals surface area contributed by atoms with E-state index in [2.05, 4.69) is 18.7 Å². The molecule has 1 aliphatic heterocycles. The molecule has 0 radical (unpaired) electrons. The van der Waals surface area contributed by atoms with Gasteiger partial charge in [-0.25, -0.2) is 0 Å². The van der Waals surface area contributed by atoms with Crippen LogP contribution in [0, 0.1) is 17.8 Å². The highest BCUT2D eigenvalue weighted by Gasteiger charge is 2.33. The van der Waals surface area contributed by atoms with Gasteiger partial charge in [0.25, 0.3) is 0 Å². The molecule has 2 rings (SSSR count). The van der Waals surface area contributed by atoms with E-state index in [0.717, 1.165) is 44.3 Å². The molecule has 0 amide bonds. The smallest absolute Gasteiger partial charge is 0.0710 e. The van der Waals surface area contributed by atoms with Gasteiger partial charge in [-0.15, -0.1) is 0 Å². The van der Waals surface area contributed by atoms with E-state index in [0.29, 0.717) is 12.0 Å². The summed E-state index contributed by atoms with van der Waals surface area (Å²) < 4.78 is 5.41. The number of ether oxygens (including phenoxy) is 1. The summed E-state index contributed by atoms with van der Waals surface area (Å²) in [5, 5.41) is 10.2. The van der Waals surface area contributed by atoms with Gasteiger partial charge in [0.2, 0.25) is 0 Å². The van der Waals surface area contributed by atoms with Crippen LogP contribution < -0.4 is 0 Å². The molecule has 1 N–H and O–H groups in total. The lowest BCUT2D eigenvalue weighted by atomic mass is 9.74. The molecule has 1 aliphatic carbocycles. The lowest BCUT2D eigenvalue weighted by Gasteiger charge is -2.37. The van der Waals surface area contributed by atoms with Crippen LogP contribution in [0.25, 0.3) is 0 Å². The summed E-state index contributed by atoms with van der Waals surface area (Å²) in [4.78, 5) is 2.48. The van der Waals surface area contributed by atoms with E-state index in [4.69, 9.17) is 4.74 Å². The fraction of sp³-hybridized carbons (Fsp3) is 1.00. The second kappa shape index (κ2) is 6.36. The van der Waals surface area contributed by atoms with E-state index in [9.17, 15) is 5.11 Å². The molecular weight excluding hydrogens is 226 g/mol. The molecule has 4 unspecified atom stereocenters. The van der Waals surface area contributed by atoms with E-state index in [1.54, 1.807) is 7.11 Å². The quantitative estimate of drug-likeness (QED) is 0.835. The van der Waals surface area contributed by atoms with Crippen molar-refractivity contribution in [3.63, 3.8) is 0 Å². The SMILES string of the molecule is COC1CCN(CC2CC(C(C)C)CCC2O)C1. The Kier molecular flexibility index (Phi) is 5.05. The third kappa shape index (κ3) is 3.46. The van der Waals surface area contributed by atoms with Crippen LogP contribution in [0.2, 0.25) is 0 Å². The van der Waals surface area contributed by atoms with Gasteiger partial charge in [-0.05, 0) is 43.4 Å². The molecule has 1 saturated carbocycles. The molecule has 18 heavy (non-hydrogen) atoms. The minimum Gasteiger partial charge on any atom is -0.393 e. The number of rotatable bonds is 4. The van der Waals surface area contributed by atoms with Crippen LogP contribution in [0.1, 0.15) is 39.5 Å². The topological polar surface area (TPSA) is 32.7 Å². The zero-order valence-electron chi connectivity index (χ0n) is 12.1. The molecule has 0 spiro atoms. The van der Waals surface area contributed by atoms with Crippen molar-refractivity contribution in [3.05, 3.63) is 0 Å². The van der Waals surface area contributed by atoms with Gasteiger partial charge < -0.3 is 14.7 Å². The van der Waals surface area contributed by atoms with Gasteiger partial charge in [-0.3, -0.25) is 0 Å². The van der Waals surface area contributed by atoms with Crippen LogP contribution in [0.4, 0.5) is 0 Å². The summed E-state index contributed by atoms with van der Waals surface area (Å²) in [6.45, 7) is 7.87. The Labute approximate surface area is 112 Å². The highest BCUT2D eigenvalue weighted by atomic mass is 16.5. The molecule has 0 aromatic carbocycles. The molecule has 2 fully saturated rings. The average Bonchev–Trinajstić information content (AvgIpc) is 2.79. The standard InChI is InChI=1S/C15H29NO2/c1-11(2)12-4-5-15(17)13(8-12)9-16-7-6-14(10-16)18-3/h11-15,17H,4-10H2,1-3H3. The van der Waals surface area contributed by atoms with Crippen LogP contribution in [-0.2, 0) is 4.74 Å². The lowest BCUT2D eigenvalue weighted by molar-refractivity contribution is 0.0190. The number of aliphatic hydroxyl groups excluding tert-OH is 1. The van der Waals surface area contributed by atoms with Crippen molar-refractivity contribution in [2.75, 3.05) is 26.7 Å². The molecule has 0 aromatic rings. The summed E-state index contributed by atoms with van der Waals surface area (Å²) >= 11 is 0. The zero-order valence-corrected chi connectivity index (χ0v) is 12.1. The number of methoxy groups -OCH3 is 1. The third-order valence-corrected chi connectivity index (χ3v) is 4.98. The van der Waals surface area contributed by atoms with Crippen LogP contribution in [0.3, 0.4) is 0 Å². The summed E-state index contributed by atoms with van der Waals surface area (Å²) in [7, 11) is 1.80. The van der Waals surface area contributed by atoms with Crippen molar-refractivity contribution >= 4 is 0 Å². The van der Waals surface area contributed by atoms with Gasteiger partial charge in [0.05, 0.1) is 12.2 Å². The average molecular weight is 255 g/mol. The fourth-order valence-electron chi connectivity index (χ4n) is 3.57. The molecule has 2 aliphatic rings. The zero-order chi connectivity index (χ0) is 13.1. The Bertz CT molecular complexity index is 257. The van der Waals surface area contributed by atoms with Crippen molar-refractivity contribution in [1.82, 2.24) is 4.90 Å². The Balaban J connectivity index is 1.83. The molecule has 106 valence electrons. The Morgan fingerprint density at radius 1 is 1.28 bits per heavy atom.